The molecule has 1 heterocycles. The first kappa shape index (κ1) is 13.5. The lowest BCUT2D eigenvalue weighted by molar-refractivity contribution is -0.149. The number of aliphatic carboxylic acids is 1. The predicted octanol–water partition coefficient (Wildman–Crippen LogP) is 1.50. The Kier molecular flexibility index (Phi) is 2.86. The van der Waals surface area contributed by atoms with Gasteiger partial charge in [-0.2, -0.15) is 0 Å². The van der Waals surface area contributed by atoms with Gasteiger partial charge in [-0.05, 0) is 36.2 Å². The fourth-order valence-electron chi connectivity index (χ4n) is 4.90. The van der Waals surface area contributed by atoms with E-state index >= 15 is 0 Å². The standard InChI is InChI=1S/C17H17NO4/c19-13(20)8-18-16(21)14-10-6-11(9-4-2-1-3-5-9)12(7-10)15(14)17(18)22/h1-5,10-12,14-15H,6-8H2,(H,19,20)/t10-,11+,12+,14-,15-/m1/s1. The normalized spacial score (nSPS) is 36.0. The Balaban J connectivity index is 1.64. The SMILES string of the molecule is O=C(O)CN1C(=O)[C@@H]2[C@H]3C[C@H]([C@H]2C1=O)[C@H](c1ccccc1)C3. The highest BCUT2D eigenvalue weighted by atomic mass is 16.4. The van der Waals surface area contributed by atoms with Crippen molar-refractivity contribution in [3.8, 4) is 0 Å². The van der Waals surface area contributed by atoms with E-state index in [1.165, 1.54) is 5.56 Å². The quantitative estimate of drug-likeness (QED) is 0.858. The van der Waals surface area contributed by atoms with Crippen LogP contribution in [0.25, 0.3) is 0 Å². The molecule has 1 aromatic carbocycles. The summed E-state index contributed by atoms with van der Waals surface area (Å²) in [4.78, 5) is 36.8. The van der Waals surface area contributed by atoms with Gasteiger partial charge in [0.05, 0.1) is 11.8 Å². The van der Waals surface area contributed by atoms with Gasteiger partial charge in [0.15, 0.2) is 0 Å². The van der Waals surface area contributed by atoms with Crippen LogP contribution in [0.5, 0.6) is 0 Å². The van der Waals surface area contributed by atoms with E-state index in [9.17, 15) is 14.4 Å². The fourth-order valence-corrected chi connectivity index (χ4v) is 4.90. The number of carboxylic acid groups (broad SMARTS) is 1. The van der Waals surface area contributed by atoms with Crippen LogP contribution in [0.4, 0.5) is 0 Å². The summed E-state index contributed by atoms with van der Waals surface area (Å²) in [6.07, 6.45) is 1.84. The molecule has 2 bridgehead atoms. The van der Waals surface area contributed by atoms with Gasteiger partial charge in [0.2, 0.25) is 11.8 Å². The van der Waals surface area contributed by atoms with Gasteiger partial charge >= 0.3 is 5.97 Å². The molecular weight excluding hydrogens is 282 g/mol. The average Bonchev–Trinajstić information content (AvgIpc) is 3.15. The number of imide groups is 1. The molecule has 3 aliphatic rings. The highest BCUT2D eigenvalue weighted by Gasteiger charge is 2.63. The van der Waals surface area contributed by atoms with E-state index in [0.29, 0.717) is 5.92 Å². The molecule has 2 amide bonds. The Hall–Kier alpha value is -2.17. The number of carboxylic acids is 1. The molecule has 2 saturated carbocycles. The third kappa shape index (κ3) is 1.74. The van der Waals surface area contributed by atoms with E-state index in [1.807, 2.05) is 18.2 Å². The van der Waals surface area contributed by atoms with Crippen LogP contribution < -0.4 is 0 Å². The second-order valence-electron chi connectivity index (χ2n) is 6.62. The van der Waals surface area contributed by atoms with E-state index < -0.39 is 12.5 Å². The maximum atomic E-state index is 12.5. The van der Waals surface area contributed by atoms with Gasteiger partial charge in [-0.15, -0.1) is 0 Å². The minimum absolute atomic E-state index is 0.174. The van der Waals surface area contributed by atoms with E-state index in [0.717, 1.165) is 17.7 Å². The lowest BCUT2D eigenvalue weighted by atomic mass is 9.73. The molecule has 1 saturated heterocycles. The number of rotatable bonds is 3. The van der Waals surface area contributed by atoms with Crippen molar-refractivity contribution in [3.63, 3.8) is 0 Å². The molecule has 5 heteroatoms. The zero-order valence-corrected chi connectivity index (χ0v) is 12.0. The number of hydrogen-bond donors (Lipinski definition) is 1. The number of fused-ring (bicyclic) bond motifs is 5. The fraction of sp³-hybridized carbons (Fsp3) is 0.471. The highest BCUT2D eigenvalue weighted by Crippen LogP contribution is 2.61. The van der Waals surface area contributed by atoms with Crippen LogP contribution in [-0.2, 0) is 14.4 Å². The minimum Gasteiger partial charge on any atom is -0.480 e. The van der Waals surface area contributed by atoms with Crippen LogP contribution in [0, 0.1) is 23.7 Å². The van der Waals surface area contributed by atoms with E-state index in [2.05, 4.69) is 12.1 Å². The molecule has 0 aromatic heterocycles. The predicted molar refractivity (Wildman–Crippen MR) is 76.7 cm³/mol. The van der Waals surface area contributed by atoms with Gasteiger partial charge in [0, 0.05) is 0 Å². The number of carbonyl (C=O) groups is 3. The second kappa shape index (κ2) is 4.66. The molecule has 5 nitrogen and oxygen atoms in total. The Morgan fingerprint density at radius 1 is 1.09 bits per heavy atom. The zero-order valence-electron chi connectivity index (χ0n) is 12.0. The molecule has 3 fully saturated rings. The molecule has 0 unspecified atom stereocenters. The number of carbonyl (C=O) groups excluding carboxylic acids is 2. The molecule has 114 valence electrons. The van der Waals surface area contributed by atoms with Crippen molar-refractivity contribution in [1.82, 2.24) is 4.90 Å². The first-order valence-corrected chi connectivity index (χ1v) is 7.70. The summed E-state index contributed by atoms with van der Waals surface area (Å²) in [7, 11) is 0. The maximum Gasteiger partial charge on any atom is 0.323 e. The summed E-state index contributed by atoms with van der Waals surface area (Å²) in [5.41, 5.74) is 1.23. The number of hydrogen-bond acceptors (Lipinski definition) is 3. The van der Waals surface area contributed by atoms with Crippen LogP contribution in [0.3, 0.4) is 0 Å². The van der Waals surface area contributed by atoms with Gasteiger partial charge in [-0.25, -0.2) is 0 Å². The molecule has 2 aliphatic carbocycles. The third-order valence-electron chi connectivity index (χ3n) is 5.63. The van der Waals surface area contributed by atoms with E-state index in [4.69, 9.17) is 5.11 Å². The molecule has 22 heavy (non-hydrogen) atoms. The summed E-state index contributed by atoms with van der Waals surface area (Å²) in [5.74, 6) is -1.56. The van der Waals surface area contributed by atoms with Crippen molar-refractivity contribution in [3.05, 3.63) is 35.9 Å². The maximum absolute atomic E-state index is 12.5. The minimum atomic E-state index is -1.13. The zero-order chi connectivity index (χ0) is 15.4. The first-order valence-electron chi connectivity index (χ1n) is 7.70. The molecular formula is C17H17NO4. The third-order valence-corrected chi connectivity index (χ3v) is 5.63. The summed E-state index contributed by atoms with van der Waals surface area (Å²) in [6.45, 7) is -0.500. The van der Waals surface area contributed by atoms with Crippen molar-refractivity contribution in [2.45, 2.75) is 18.8 Å². The lowest BCUT2D eigenvalue weighted by Crippen LogP contribution is -2.37. The van der Waals surface area contributed by atoms with Crippen LogP contribution in [0.2, 0.25) is 0 Å². The molecule has 1 aromatic rings. The monoisotopic (exact) mass is 299 g/mol. The topological polar surface area (TPSA) is 74.7 Å². The van der Waals surface area contributed by atoms with Crippen LogP contribution in [-0.4, -0.2) is 34.3 Å². The van der Waals surface area contributed by atoms with Gasteiger partial charge in [0.1, 0.15) is 6.54 Å². The number of nitrogens with zero attached hydrogens (tertiary/aromatic N) is 1. The molecule has 4 rings (SSSR count). The van der Waals surface area contributed by atoms with Crippen LogP contribution in [0.15, 0.2) is 30.3 Å². The van der Waals surface area contributed by atoms with Crippen molar-refractivity contribution < 1.29 is 19.5 Å². The average molecular weight is 299 g/mol. The Labute approximate surface area is 127 Å². The van der Waals surface area contributed by atoms with Crippen molar-refractivity contribution >= 4 is 17.8 Å². The largest absolute Gasteiger partial charge is 0.480 e. The van der Waals surface area contributed by atoms with Crippen LogP contribution >= 0.6 is 0 Å². The summed E-state index contributed by atoms with van der Waals surface area (Å²) < 4.78 is 0. The molecule has 1 aliphatic heterocycles. The first-order chi connectivity index (χ1) is 10.6. The van der Waals surface area contributed by atoms with Crippen LogP contribution in [0.1, 0.15) is 24.3 Å². The van der Waals surface area contributed by atoms with Crippen molar-refractivity contribution in [2.24, 2.45) is 23.7 Å². The second-order valence-corrected chi connectivity index (χ2v) is 6.62. The molecule has 1 N–H and O–H groups in total. The smallest absolute Gasteiger partial charge is 0.323 e. The van der Waals surface area contributed by atoms with Crippen molar-refractivity contribution in [1.29, 1.82) is 0 Å². The van der Waals surface area contributed by atoms with Crippen molar-refractivity contribution in [2.75, 3.05) is 6.54 Å². The Bertz CT molecular complexity index is 656. The van der Waals surface area contributed by atoms with E-state index in [1.54, 1.807) is 0 Å². The Morgan fingerprint density at radius 2 is 1.77 bits per heavy atom. The van der Waals surface area contributed by atoms with Gasteiger partial charge < -0.3 is 5.11 Å². The summed E-state index contributed by atoms with van der Waals surface area (Å²) in [6, 6.07) is 10.1. The lowest BCUT2D eigenvalue weighted by Gasteiger charge is -2.28. The van der Waals surface area contributed by atoms with Gasteiger partial charge in [-0.1, -0.05) is 30.3 Å². The van der Waals surface area contributed by atoms with E-state index in [-0.39, 0.29) is 35.5 Å². The molecule has 0 spiro atoms. The molecule has 0 radical (unpaired) electrons. The summed E-state index contributed by atoms with van der Waals surface area (Å²) in [5, 5.41) is 8.90. The molecule has 5 atom stereocenters. The summed E-state index contributed by atoms with van der Waals surface area (Å²) >= 11 is 0. The Morgan fingerprint density at radius 3 is 2.45 bits per heavy atom. The number of amides is 2. The van der Waals surface area contributed by atoms with Gasteiger partial charge in [0.25, 0.3) is 0 Å². The number of likely N-dealkylation sites (tertiary alicyclic amines) is 1. The highest BCUT2D eigenvalue weighted by molar-refractivity contribution is 6.07. The van der Waals surface area contributed by atoms with Gasteiger partial charge in [-0.3, -0.25) is 19.3 Å². The number of benzene rings is 1.